The third kappa shape index (κ3) is 4.24. The summed E-state index contributed by atoms with van der Waals surface area (Å²) >= 11 is 0. The van der Waals surface area contributed by atoms with Crippen LogP contribution < -0.4 is 5.56 Å². The summed E-state index contributed by atoms with van der Waals surface area (Å²) in [5.41, 5.74) is 0.826. The Bertz CT molecular complexity index is 1220. The quantitative estimate of drug-likeness (QED) is 0.586. The number of aromatic nitrogens is 3. The van der Waals surface area contributed by atoms with Gasteiger partial charge in [-0.05, 0) is 17.7 Å². The van der Waals surface area contributed by atoms with Crippen LogP contribution in [0.1, 0.15) is 5.56 Å². The van der Waals surface area contributed by atoms with E-state index in [1.165, 1.54) is 4.31 Å². The monoisotopic (exact) mass is 427 g/mol. The average molecular weight is 427 g/mol. The number of fused-ring (bicyclic) bond motifs is 1. The molecule has 1 amide bonds. The zero-order valence-corrected chi connectivity index (χ0v) is 17.0. The first-order valence-corrected chi connectivity index (χ1v) is 11.2. The highest BCUT2D eigenvalue weighted by Crippen LogP contribution is 2.14. The van der Waals surface area contributed by atoms with Gasteiger partial charge in [0.05, 0.1) is 11.1 Å². The zero-order valence-electron chi connectivity index (χ0n) is 16.2. The second-order valence-corrected chi connectivity index (χ2v) is 9.06. The number of sulfonamides is 1. The summed E-state index contributed by atoms with van der Waals surface area (Å²) in [6, 6.07) is 15.8. The van der Waals surface area contributed by atoms with Crippen molar-refractivity contribution in [3.8, 4) is 0 Å². The summed E-state index contributed by atoms with van der Waals surface area (Å²) in [7, 11) is -3.46. The first kappa shape index (κ1) is 20.2. The zero-order chi connectivity index (χ0) is 21.1. The highest BCUT2D eigenvalue weighted by molar-refractivity contribution is 7.88. The highest BCUT2D eigenvalue weighted by Gasteiger charge is 2.29. The lowest BCUT2D eigenvalue weighted by atomic mass is 10.2. The minimum atomic E-state index is -3.46. The van der Waals surface area contributed by atoms with E-state index in [2.05, 4.69) is 10.3 Å². The van der Waals surface area contributed by atoms with Gasteiger partial charge in [0.25, 0.3) is 5.56 Å². The van der Waals surface area contributed by atoms with E-state index in [0.29, 0.717) is 10.9 Å². The van der Waals surface area contributed by atoms with Crippen molar-refractivity contribution >= 4 is 26.8 Å². The van der Waals surface area contributed by atoms with Gasteiger partial charge in [-0.15, -0.1) is 5.10 Å². The lowest BCUT2D eigenvalue weighted by Gasteiger charge is -2.34. The van der Waals surface area contributed by atoms with Crippen LogP contribution in [-0.4, -0.2) is 64.7 Å². The molecular weight excluding hydrogens is 406 g/mol. The molecule has 0 bridgehead atoms. The Kier molecular flexibility index (Phi) is 5.60. The number of hydrogen-bond donors (Lipinski definition) is 0. The maximum atomic E-state index is 12.7. The molecule has 1 fully saturated rings. The van der Waals surface area contributed by atoms with E-state index >= 15 is 0 Å². The van der Waals surface area contributed by atoms with Crippen molar-refractivity contribution in [2.75, 3.05) is 26.2 Å². The fourth-order valence-electron chi connectivity index (χ4n) is 3.45. The molecule has 10 heteroatoms. The van der Waals surface area contributed by atoms with Gasteiger partial charge in [0.2, 0.25) is 15.9 Å². The molecule has 0 unspecified atom stereocenters. The van der Waals surface area contributed by atoms with Crippen LogP contribution >= 0.6 is 0 Å². The van der Waals surface area contributed by atoms with Crippen molar-refractivity contribution in [2.45, 2.75) is 12.3 Å². The molecule has 2 aromatic carbocycles. The second kappa shape index (κ2) is 8.33. The summed E-state index contributed by atoms with van der Waals surface area (Å²) in [6.07, 6.45) is 0. The van der Waals surface area contributed by atoms with E-state index in [0.717, 1.165) is 10.2 Å². The number of carbonyl (C=O) groups is 1. The molecule has 0 N–H and O–H groups in total. The fraction of sp³-hybridized carbons (Fsp3) is 0.300. The van der Waals surface area contributed by atoms with E-state index in [-0.39, 0.29) is 49.9 Å². The predicted molar refractivity (Wildman–Crippen MR) is 111 cm³/mol. The minimum Gasteiger partial charge on any atom is -0.338 e. The summed E-state index contributed by atoms with van der Waals surface area (Å²) < 4.78 is 27.8. The SMILES string of the molecule is O=C(Cn1nnc2ccccc2c1=O)N1CCN(S(=O)(=O)Cc2ccccc2)CC1. The molecule has 1 aliphatic rings. The number of rotatable bonds is 5. The second-order valence-electron chi connectivity index (χ2n) is 7.09. The Morgan fingerprint density at radius 3 is 2.33 bits per heavy atom. The van der Waals surface area contributed by atoms with Gasteiger partial charge >= 0.3 is 0 Å². The molecule has 0 saturated carbocycles. The van der Waals surface area contributed by atoms with E-state index in [1.807, 2.05) is 6.07 Å². The van der Waals surface area contributed by atoms with Gasteiger partial charge in [0.15, 0.2) is 0 Å². The van der Waals surface area contributed by atoms with E-state index < -0.39 is 10.0 Å². The van der Waals surface area contributed by atoms with Crippen LogP contribution in [0, 0.1) is 0 Å². The van der Waals surface area contributed by atoms with Crippen LogP contribution in [0.2, 0.25) is 0 Å². The molecule has 1 aromatic heterocycles. The Morgan fingerprint density at radius 2 is 1.60 bits per heavy atom. The van der Waals surface area contributed by atoms with Crippen LogP contribution in [0.15, 0.2) is 59.4 Å². The Labute approximate surface area is 173 Å². The van der Waals surface area contributed by atoms with Gasteiger partial charge in [-0.25, -0.2) is 13.1 Å². The van der Waals surface area contributed by atoms with Crippen molar-refractivity contribution in [1.82, 2.24) is 24.2 Å². The number of carbonyl (C=O) groups excluding carboxylic acids is 1. The summed E-state index contributed by atoms with van der Waals surface area (Å²) in [4.78, 5) is 26.7. The van der Waals surface area contributed by atoms with Gasteiger partial charge in [0.1, 0.15) is 12.1 Å². The molecule has 1 aliphatic heterocycles. The highest BCUT2D eigenvalue weighted by atomic mass is 32.2. The van der Waals surface area contributed by atoms with Crippen LogP contribution in [-0.2, 0) is 27.1 Å². The molecule has 0 atom stereocenters. The van der Waals surface area contributed by atoms with Crippen molar-refractivity contribution in [1.29, 1.82) is 0 Å². The maximum absolute atomic E-state index is 12.7. The van der Waals surface area contributed by atoms with Crippen LogP contribution in [0.3, 0.4) is 0 Å². The number of hydrogen-bond acceptors (Lipinski definition) is 6. The Morgan fingerprint density at radius 1 is 0.933 bits per heavy atom. The molecule has 30 heavy (non-hydrogen) atoms. The third-order valence-corrected chi connectivity index (χ3v) is 6.94. The first-order chi connectivity index (χ1) is 14.4. The molecular formula is C20H21N5O4S. The fourth-order valence-corrected chi connectivity index (χ4v) is 4.96. The predicted octanol–water partition coefficient (Wildman–Crippen LogP) is 0.466. The number of benzene rings is 2. The van der Waals surface area contributed by atoms with Gasteiger partial charge in [0, 0.05) is 26.2 Å². The molecule has 4 rings (SSSR count). The number of amides is 1. The minimum absolute atomic E-state index is 0.0656. The number of piperazine rings is 1. The van der Waals surface area contributed by atoms with E-state index in [1.54, 1.807) is 53.4 Å². The molecule has 2 heterocycles. The molecule has 156 valence electrons. The molecule has 9 nitrogen and oxygen atoms in total. The lowest BCUT2D eigenvalue weighted by Crippen LogP contribution is -2.51. The topological polar surface area (TPSA) is 105 Å². The molecule has 1 saturated heterocycles. The first-order valence-electron chi connectivity index (χ1n) is 9.56. The molecule has 0 aliphatic carbocycles. The van der Waals surface area contributed by atoms with E-state index in [4.69, 9.17) is 0 Å². The maximum Gasteiger partial charge on any atom is 0.278 e. The van der Waals surface area contributed by atoms with Gasteiger partial charge < -0.3 is 4.90 Å². The third-order valence-electron chi connectivity index (χ3n) is 5.09. The summed E-state index contributed by atoms with van der Waals surface area (Å²) in [5.74, 6) is -0.356. The van der Waals surface area contributed by atoms with Gasteiger partial charge in [-0.3, -0.25) is 9.59 Å². The average Bonchev–Trinajstić information content (AvgIpc) is 2.76. The van der Waals surface area contributed by atoms with Gasteiger partial charge in [-0.2, -0.15) is 4.31 Å². The van der Waals surface area contributed by atoms with Crippen LogP contribution in [0.25, 0.3) is 10.9 Å². The molecule has 0 spiro atoms. The smallest absolute Gasteiger partial charge is 0.278 e. The summed E-state index contributed by atoms with van der Waals surface area (Å²) in [5, 5.41) is 8.22. The normalized spacial score (nSPS) is 15.4. The number of nitrogens with zero attached hydrogens (tertiary/aromatic N) is 5. The van der Waals surface area contributed by atoms with Crippen LogP contribution in [0.4, 0.5) is 0 Å². The molecule has 3 aromatic rings. The standard InChI is InChI=1S/C20H21N5O4S/c26-19(14-25-20(27)17-8-4-5-9-18(17)21-22-25)23-10-12-24(13-11-23)30(28,29)15-16-6-2-1-3-7-16/h1-9H,10-15H2. The van der Waals surface area contributed by atoms with Crippen molar-refractivity contribution in [3.63, 3.8) is 0 Å². The van der Waals surface area contributed by atoms with Gasteiger partial charge in [-0.1, -0.05) is 47.7 Å². The summed E-state index contributed by atoms with van der Waals surface area (Å²) in [6.45, 7) is 0.747. The van der Waals surface area contributed by atoms with Crippen molar-refractivity contribution in [2.24, 2.45) is 0 Å². The largest absolute Gasteiger partial charge is 0.338 e. The van der Waals surface area contributed by atoms with Crippen molar-refractivity contribution < 1.29 is 13.2 Å². The Hall–Kier alpha value is -3.11. The van der Waals surface area contributed by atoms with Crippen LogP contribution in [0.5, 0.6) is 0 Å². The van der Waals surface area contributed by atoms with E-state index in [9.17, 15) is 18.0 Å². The Balaban J connectivity index is 1.39. The molecule has 0 radical (unpaired) electrons. The van der Waals surface area contributed by atoms with Crippen molar-refractivity contribution in [3.05, 3.63) is 70.5 Å². The lowest BCUT2D eigenvalue weighted by molar-refractivity contribution is -0.133.